The number of nitrogens with one attached hydrogen (secondary N) is 2. The van der Waals surface area contributed by atoms with Crippen LogP contribution in [0.2, 0.25) is 5.02 Å². The van der Waals surface area contributed by atoms with Crippen LogP contribution in [0.3, 0.4) is 0 Å². The van der Waals surface area contributed by atoms with Gasteiger partial charge in [-0.1, -0.05) is 17.7 Å². The van der Waals surface area contributed by atoms with Crippen LogP contribution in [0.5, 0.6) is 0 Å². The standard InChI is InChI=1S/C11H13ClN6/c1-7(9-4-2-3-5-14-9)16-10-8(12)6-15-11(17-10)18-13/h2-7H,13H2,1H3,(H2,15,16,17,18). The minimum atomic E-state index is -0.0239. The van der Waals surface area contributed by atoms with Crippen LogP contribution < -0.4 is 16.6 Å². The van der Waals surface area contributed by atoms with E-state index in [1.54, 1.807) is 6.20 Å². The third-order valence-electron chi connectivity index (χ3n) is 2.36. The van der Waals surface area contributed by atoms with Crippen molar-refractivity contribution in [3.05, 3.63) is 41.3 Å². The van der Waals surface area contributed by atoms with Crippen LogP contribution in [0.1, 0.15) is 18.7 Å². The normalized spacial score (nSPS) is 11.9. The third-order valence-corrected chi connectivity index (χ3v) is 2.63. The van der Waals surface area contributed by atoms with E-state index in [4.69, 9.17) is 17.4 Å². The summed E-state index contributed by atoms with van der Waals surface area (Å²) in [7, 11) is 0. The number of nitrogen functional groups attached to an aromatic ring is 1. The summed E-state index contributed by atoms with van der Waals surface area (Å²) in [5.41, 5.74) is 3.27. The Hall–Kier alpha value is -1.92. The molecule has 94 valence electrons. The van der Waals surface area contributed by atoms with Gasteiger partial charge in [-0.15, -0.1) is 0 Å². The topological polar surface area (TPSA) is 88.8 Å². The Kier molecular flexibility index (Phi) is 3.91. The Morgan fingerprint density at radius 1 is 1.33 bits per heavy atom. The average molecular weight is 265 g/mol. The quantitative estimate of drug-likeness (QED) is 0.578. The third kappa shape index (κ3) is 2.85. The van der Waals surface area contributed by atoms with E-state index in [9.17, 15) is 0 Å². The summed E-state index contributed by atoms with van der Waals surface area (Å²) in [5.74, 6) is 6.07. The maximum atomic E-state index is 6.01. The average Bonchev–Trinajstić information content (AvgIpc) is 2.42. The fourth-order valence-corrected chi connectivity index (χ4v) is 1.59. The predicted octanol–water partition coefficient (Wildman–Crippen LogP) is 1.98. The van der Waals surface area contributed by atoms with Crippen LogP contribution in [0, 0.1) is 0 Å². The van der Waals surface area contributed by atoms with Gasteiger partial charge in [0.2, 0.25) is 5.95 Å². The number of hydrogen-bond acceptors (Lipinski definition) is 6. The number of pyridine rings is 1. The Morgan fingerprint density at radius 3 is 2.83 bits per heavy atom. The summed E-state index contributed by atoms with van der Waals surface area (Å²) in [5, 5.41) is 3.59. The number of nitrogens with zero attached hydrogens (tertiary/aromatic N) is 3. The van der Waals surface area contributed by atoms with Crippen LogP contribution in [-0.4, -0.2) is 15.0 Å². The highest BCUT2D eigenvalue weighted by atomic mass is 35.5. The van der Waals surface area contributed by atoms with E-state index < -0.39 is 0 Å². The lowest BCUT2D eigenvalue weighted by atomic mass is 10.2. The van der Waals surface area contributed by atoms with E-state index >= 15 is 0 Å². The van der Waals surface area contributed by atoms with E-state index in [-0.39, 0.29) is 6.04 Å². The smallest absolute Gasteiger partial charge is 0.239 e. The molecule has 0 aliphatic rings. The number of hydrazine groups is 1. The van der Waals surface area contributed by atoms with Crippen LogP contribution in [0.25, 0.3) is 0 Å². The fourth-order valence-electron chi connectivity index (χ4n) is 1.45. The number of rotatable bonds is 4. The van der Waals surface area contributed by atoms with Crippen LogP contribution in [0.4, 0.5) is 11.8 Å². The maximum Gasteiger partial charge on any atom is 0.239 e. The monoisotopic (exact) mass is 264 g/mol. The molecule has 0 fully saturated rings. The first-order chi connectivity index (χ1) is 8.70. The Bertz CT molecular complexity index is 518. The van der Waals surface area contributed by atoms with Gasteiger partial charge >= 0.3 is 0 Å². The molecule has 2 aromatic rings. The summed E-state index contributed by atoms with van der Waals surface area (Å²) in [6, 6.07) is 5.69. The molecule has 0 saturated heterocycles. The minimum Gasteiger partial charge on any atom is -0.361 e. The minimum absolute atomic E-state index is 0.0239. The molecule has 0 radical (unpaired) electrons. The van der Waals surface area contributed by atoms with E-state index in [1.165, 1.54) is 6.20 Å². The number of aromatic nitrogens is 3. The molecule has 0 bridgehead atoms. The Balaban J connectivity index is 2.18. The van der Waals surface area contributed by atoms with Crippen molar-refractivity contribution in [3.8, 4) is 0 Å². The van der Waals surface area contributed by atoms with Crippen molar-refractivity contribution in [2.75, 3.05) is 10.7 Å². The summed E-state index contributed by atoms with van der Waals surface area (Å²) in [6.45, 7) is 1.97. The summed E-state index contributed by atoms with van der Waals surface area (Å²) >= 11 is 6.01. The fraction of sp³-hybridized carbons (Fsp3) is 0.182. The molecule has 2 rings (SSSR count). The molecular weight excluding hydrogens is 252 g/mol. The first-order valence-electron chi connectivity index (χ1n) is 5.37. The van der Waals surface area contributed by atoms with Crippen molar-refractivity contribution in [2.24, 2.45) is 5.84 Å². The number of anilines is 2. The maximum absolute atomic E-state index is 6.01. The van der Waals surface area contributed by atoms with Crippen molar-refractivity contribution < 1.29 is 0 Å². The van der Waals surface area contributed by atoms with Crippen LogP contribution in [0.15, 0.2) is 30.6 Å². The molecule has 7 heteroatoms. The molecule has 0 saturated carbocycles. The van der Waals surface area contributed by atoms with E-state index in [0.29, 0.717) is 16.8 Å². The van der Waals surface area contributed by atoms with Gasteiger partial charge in [-0.25, -0.2) is 10.8 Å². The van der Waals surface area contributed by atoms with Gasteiger partial charge < -0.3 is 5.32 Å². The highest BCUT2D eigenvalue weighted by Crippen LogP contribution is 2.23. The number of nitrogens with two attached hydrogens (primary N) is 1. The lowest BCUT2D eigenvalue weighted by molar-refractivity contribution is 0.830. The van der Waals surface area contributed by atoms with E-state index in [2.05, 4.69) is 25.7 Å². The Morgan fingerprint density at radius 2 is 2.17 bits per heavy atom. The van der Waals surface area contributed by atoms with Crippen molar-refractivity contribution in [1.82, 2.24) is 15.0 Å². The first kappa shape index (κ1) is 12.5. The van der Waals surface area contributed by atoms with Crippen molar-refractivity contribution in [3.63, 3.8) is 0 Å². The molecule has 0 spiro atoms. The molecule has 18 heavy (non-hydrogen) atoms. The molecule has 2 heterocycles. The van der Waals surface area contributed by atoms with Gasteiger partial charge in [0.05, 0.1) is 17.9 Å². The predicted molar refractivity (Wildman–Crippen MR) is 71.1 cm³/mol. The molecule has 1 atom stereocenters. The van der Waals surface area contributed by atoms with E-state index in [0.717, 1.165) is 5.69 Å². The molecule has 6 nitrogen and oxygen atoms in total. The first-order valence-corrected chi connectivity index (χ1v) is 5.75. The SMILES string of the molecule is CC(Nc1nc(NN)ncc1Cl)c1ccccn1. The summed E-state index contributed by atoms with van der Waals surface area (Å²) < 4.78 is 0. The number of halogens is 1. The molecular formula is C11H13ClN6. The van der Waals surface area contributed by atoms with Gasteiger partial charge in [0.15, 0.2) is 5.82 Å². The second kappa shape index (κ2) is 5.61. The molecule has 0 aliphatic heterocycles. The zero-order valence-corrected chi connectivity index (χ0v) is 10.5. The van der Waals surface area contributed by atoms with Crippen LogP contribution in [-0.2, 0) is 0 Å². The van der Waals surface area contributed by atoms with Gasteiger partial charge in [-0.05, 0) is 19.1 Å². The van der Waals surface area contributed by atoms with Crippen molar-refractivity contribution >= 4 is 23.4 Å². The second-order valence-corrected chi connectivity index (χ2v) is 4.06. The Labute approximate surface area is 110 Å². The molecule has 2 aromatic heterocycles. The molecule has 4 N–H and O–H groups in total. The van der Waals surface area contributed by atoms with Gasteiger partial charge in [0.1, 0.15) is 5.02 Å². The van der Waals surface area contributed by atoms with E-state index in [1.807, 2.05) is 25.1 Å². The number of hydrogen-bond donors (Lipinski definition) is 3. The van der Waals surface area contributed by atoms with Gasteiger partial charge in [-0.3, -0.25) is 10.4 Å². The van der Waals surface area contributed by atoms with Gasteiger partial charge in [0.25, 0.3) is 0 Å². The zero-order valence-electron chi connectivity index (χ0n) is 9.76. The lowest BCUT2D eigenvalue weighted by Gasteiger charge is -2.15. The van der Waals surface area contributed by atoms with Crippen molar-refractivity contribution in [1.29, 1.82) is 0 Å². The van der Waals surface area contributed by atoms with Gasteiger partial charge in [0, 0.05) is 6.20 Å². The summed E-state index contributed by atoms with van der Waals surface area (Å²) in [6.07, 6.45) is 3.22. The highest BCUT2D eigenvalue weighted by molar-refractivity contribution is 6.32. The molecule has 1 unspecified atom stereocenters. The zero-order chi connectivity index (χ0) is 13.0. The van der Waals surface area contributed by atoms with Crippen molar-refractivity contribution in [2.45, 2.75) is 13.0 Å². The molecule has 0 aliphatic carbocycles. The summed E-state index contributed by atoms with van der Waals surface area (Å²) in [4.78, 5) is 12.3. The molecule has 0 aromatic carbocycles. The van der Waals surface area contributed by atoms with Crippen LogP contribution >= 0.6 is 11.6 Å². The highest BCUT2D eigenvalue weighted by Gasteiger charge is 2.10. The largest absolute Gasteiger partial charge is 0.361 e. The van der Waals surface area contributed by atoms with Gasteiger partial charge in [-0.2, -0.15) is 4.98 Å². The molecule has 0 amide bonds. The second-order valence-electron chi connectivity index (χ2n) is 3.66. The lowest BCUT2D eigenvalue weighted by Crippen LogP contribution is -2.14.